The van der Waals surface area contributed by atoms with Crippen LogP contribution in [0.3, 0.4) is 0 Å². The molecule has 13 heteroatoms. The molecule has 0 saturated carbocycles. The second-order valence-electron chi connectivity index (χ2n) is 12.7. The van der Waals surface area contributed by atoms with Gasteiger partial charge in [-0.25, -0.2) is 0 Å². The third-order valence-corrected chi connectivity index (χ3v) is 12.7. The molecule has 0 aromatic heterocycles. The van der Waals surface area contributed by atoms with E-state index in [1.54, 1.807) is 6.92 Å². The van der Waals surface area contributed by atoms with Crippen molar-refractivity contribution in [1.82, 2.24) is 0 Å². The van der Waals surface area contributed by atoms with E-state index in [4.69, 9.17) is 37.6 Å². The standard InChI is InChI=1S/C29H50O12Si/c1-13-21-15(2)23(35-17(4)30)26(38-20(7)33)28(39-21)41-27-16(3)24(36-18(5)31)25(37-19(6)32)22(40-27)14-34-42(11,12)29(8,9)10/h15-16,21-28H,13-14H2,1-12H3/t15-,16?,21?,22?,23+,24?,25-,26?,27-,28-/m1/s1. The lowest BCUT2D eigenvalue weighted by Crippen LogP contribution is -2.62. The summed E-state index contributed by atoms with van der Waals surface area (Å²) < 4.78 is 47.9. The zero-order valence-electron chi connectivity index (χ0n) is 27.1. The van der Waals surface area contributed by atoms with Crippen molar-refractivity contribution in [3.05, 3.63) is 0 Å². The number of carbonyl (C=O) groups excluding carboxylic acids is 4. The van der Waals surface area contributed by atoms with E-state index >= 15 is 0 Å². The Kier molecular flexibility index (Phi) is 12.6. The third-order valence-electron chi connectivity index (χ3n) is 8.25. The molecule has 0 aliphatic carbocycles. The maximum absolute atomic E-state index is 12.2. The van der Waals surface area contributed by atoms with Crippen molar-refractivity contribution in [3.63, 3.8) is 0 Å². The first kappa shape index (κ1) is 36.1. The van der Waals surface area contributed by atoms with E-state index in [9.17, 15) is 19.2 Å². The lowest BCUT2D eigenvalue weighted by atomic mass is 9.88. The van der Waals surface area contributed by atoms with Crippen molar-refractivity contribution in [2.24, 2.45) is 11.8 Å². The monoisotopic (exact) mass is 618 g/mol. The number of ether oxygens (including phenoxy) is 7. The van der Waals surface area contributed by atoms with Crippen molar-refractivity contribution < 1.29 is 56.8 Å². The fourth-order valence-electron chi connectivity index (χ4n) is 4.97. The summed E-state index contributed by atoms with van der Waals surface area (Å²) >= 11 is 0. The van der Waals surface area contributed by atoms with Gasteiger partial charge < -0.3 is 37.6 Å². The van der Waals surface area contributed by atoms with Gasteiger partial charge in [0.1, 0.15) is 18.3 Å². The van der Waals surface area contributed by atoms with Crippen LogP contribution in [0.2, 0.25) is 18.1 Å². The van der Waals surface area contributed by atoms with Crippen molar-refractivity contribution in [2.75, 3.05) is 6.61 Å². The zero-order valence-corrected chi connectivity index (χ0v) is 28.1. The van der Waals surface area contributed by atoms with Crippen LogP contribution in [0.1, 0.15) is 75.7 Å². The Bertz CT molecular complexity index is 963. The molecule has 0 aromatic carbocycles. The highest BCUT2D eigenvalue weighted by molar-refractivity contribution is 6.74. The van der Waals surface area contributed by atoms with Crippen molar-refractivity contribution in [1.29, 1.82) is 0 Å². The maximum atomic E-state index is 12.2. The Morgan fingerprint density at radius 3 is 1.55 bits per heavy atom. The smallest absolute Gasteiger partial charge is 0.303 e. The number of hydrogen-bond acceptors (Lipinski definition) is 12. The molecule has 2 heterocycles. The van der Waals surface area contributed by atoms with Crippen LogP contribution in [-0.2, 0) is 56.8 Å². The van der Waals surface area contributed by atoms with Crippen LogP contribution in [-0.4, -0.2) is 88.0 Å². The van der Waals surface area contributed by atoms with Crippen LogP contribution >= 0.6 is 0 Å². The van der Waals surface area contributed by atoms with Gasteiger partial charge in [-0.3, -0.25) is 19.2 Å². The van der Waals surface area contributed by atoms with E-state index in [2.05, 4.69) is 33.9 Å². The van der Waals surface area contributed by atoms with Crippen molar-refractivity contribution in [2.45, 2.75) is 143 Å². The van der Waals surface area contributed by atoms with E-state index in [1.165, 1.54) is 27.7 Å². The predicted octanol–water partition coefficient (Wildman–Crippen LogP) is 3.88. The first-order valence-corrected chi connectivity index (χ1v) is 17.5. The summed E-state index contributed by atoms with van der Waals surface area (Å²) in [7, 11) is -2.27. The number of hydrogen-bond donors (Lipinski definition) is 0. The lowest BCUT2D eigenvalue weighted by Gasteiger charge is -2.48. The Morgan fingerprint density at radius 2 is 1.10 bits per heavy atom. The molecule has 42 heavy (non-hydrogen) atoms. The molecule has 0 amide bonds. The highest BCUT2D eigenvalue weighted by atomic mass is 28.4. The molecule has 12 nitrogen and oxygen atoms in total. The quantitative estimate of drug-likeness (QED) is 0.199. The van der Waals surface area contributed by atoms with E-state index < -0.39 is 81.2 Å². The molecule has 0 radical (unpaired) electrons. The highest BCUT2D eigenvalue weighted by Gasteiger charge is 2.53. The Labute approximate surface area is 250 Å². The van der Waals surface area contributed by atoms with E-state index in [1.807, 2.05) is 13.8 Å². The minimum absolute atomic E-state index is 0.0440. The number of carbonyl (C=O) groups is 4. The van der Waals surface area contributed by atoms with E-state index in [0.717, 1.165) is 0 Å². The van der Waals surface area contributed by atoms with Gasteiger partial charge in [-0.1, -0.05) is 41.5 Å². The fourth-order valence-corrected chi connectivity index (χ4v) is 5.98. The minimum atomic E-state index is -2.27. The molecule has 0 bridgehead atoms. The van der Waals surface area contributed by atoms with E-state index in [0.29, 0.717) is 6.42 Å². The van der Waals surface area contributed by atoms with E-state index in [-0.39, 0.29) is 23.7 Å². The van der Waals surface area contributed by atoms with Gasteiger partial charge in [0.25, 0.3) is 0 Å². The first-order chi connectivity index (χ1) is 19.3. The minimum Gasteiger partial charge on any atom is -0.458 e. The van der Waals surface area contributed by atoms with Gasteiger partial charge in [0.05, 0.1) is 12.7 Å². The normalized spacial score (nSPS) is 33.8. The van der Waals surface area contributed by atoms with Crippen LogP contribution in [0.5, 0.6) is 0 Å². The summed E-state index contributed by atoms with van der Waals surface area (Å²) in [6.07, 6.45) is -6.79. The fraction of sp³-hybridized carbons (Fsp3) is 0.862. The van der Waals surface area contributed by atoms with Gasteiger partial charge in [0.2, 0.25) is 6.29 Å². The molecule has 10 atom stereocenters. The maximum Gasteiger partial charge on any atom is 0.303 e. The first-order valence-electron chi connectivity index (χ1n) is 14.6. The Morgan fingerprint density at radius 1 is 0.667 bits per heavy atom. The van der Waals surface area contributed by atoms with Gasteiger partial charge >= 0.3 is 23.9 Å². The summed E-state index contributed by atoms with van der Waals surface area (Å²) in [6.45, 7) is 21.1. The molecule has 5 unspecified atom stereocenters. The highest BCUT2D eigenvalue weighted by Crippen LogP contribution is 2.40. The van der Waals surface area contributed by atoms with Crippen molar-refractivity contribution in [3.8, 4) is 0 Å². The second-order valence-corrected chi connectivity index (χ2v) is 17.5. The van der Waals surface area contributed by atoms with Crippen LogP contribution in [0.4, 0.5) is 0 Å². The molecule has 2 fully saturated rings. The molecule has 2 aliphatic heterocycles. The predicted molar refractivity (Wildman–Crippen MR) is 152 cm³/mol. The summed E-state index contributed by atoms with van der Waals surface area (Å²) in [6, 6.07) is 0. The van der Waals surface area contributed by atoms with Crippen molar-refractivity contribution >= 4 is 32.2 Å². The van der Waals surface area contributed by atoms with Gasteiger partial charge in [-0.15, -0.1) is 0 Å². The SMILES string of the molecule is CCC1O[C@H](O[C@H]2OC(CO[Si](C)(C)C(C)(C)C)[C@@H](OC(C)=O)C(OC(C)=O)C2C)C(OC(C)=O)[C@@H](OC(C)=O)[C@@H]1C. The van der Waals surface area contributed by atoms with Gasteiger partial charge in [0.15, 0.2) is 26.8 Å². The number of esters is 4. The summed E-state index contributed by atoms with van der Waals surface area (Å²) in [5.41, 5.74) is 0. The van der Waals surface area contributed by atoms with Gasteiger partial charge in [0, 0.05) is 39.5 Å². The summed E-state index contributed by atoms with van der Waals surface area (Å²) in [5.74, 6) is -3.25. The van der Waals surface area contributed by atoms with Gasteiger partial charge in [-0.2, -0.15) is 0 Å². The molecule has 0 aromatic rings. The van der Waals surface area contributed by atoms with Gasteiger partial charge in [-0.05, 0) is 24.6 Å². The summed E-state index contributed by atoms with van der Waals surface area (Å²) in [4.78, 5) is 48.4. The Balaban J connectivity index is 2.48. The third kappa shape index (κ3) is 9.22. The topological polar surface area (TPSA) is 142 Å². The Hall–Kier alpha value is -2.06. The van der Waals surface area contributed by atoms with Crippen LogP contribution in [0, 0.1) is 11.8 Å². The molecular formula is C29H50O12Si. The second kappa shape index (κ2) is 14.6. The molecular weight excluding hydrogens is 568 g/mol. The van der Waals surface area contributed by atoms with Crippen LogP contribution < -0.4 is 0 Å². The van der Waals surface area contributed by atoms with Crippen LogP contribution in [0.25, 0.3) is 0 Å². The zero-order chi connectivity index (χ0) is 32.2. The average molecular weight is 619 g/mol. The molecule has 2 saturated heterocycles. The van der Waals surface area contributed by atoms with Crippen LogP contribution in [0.15, 0.2) is 0 Å². The molecule has 2 aliphatic rings. The number of rotatable bonds is 10. The molecule has 242 valence electrons. The molecule has 0 N–H and O–H groups in total. The lowest BCUT2D eigenvalue weighted by molar-refractivity contribution is -0.364. The molecule has 0 spiro atoms. The average Bonchev–Trinajstić information content (AvgIpc) is 2.84. The summed E-state index contributed by atoms with van der Waals surface area (Å²) in [5, 5.41) is -0.109. The molecule has 2 rings (SSSR count). The largest absolute Gasteiger partial charge is 0.458 e.